The van der Waals surface area contributed by atoms with Crippen molar-refractivity contribution in [3.05, 3.63) is 65.2 Å². The van der Waals surface area contributed by atoms with E-state index >= 15 is 0 Å². The van der Waals surface area contributed by atoms with Crippen LogP contribution in [0.2, 0.25) is 0 Å². The average Bonchev–Trinajstić information content (AvgIpc) is 3.05. The summed E-state index contributed by atoms with van der Waals surface area (Å²) in [6.45, 7) is 6.01. The molecule has 1 aliphatic heterocycles. The van der Waals surface area contributed by atoms with Crippen LogP contribution in [0.1, 0.15) is 43.5 Å². The lowest BCUT2D eigenvalue weighted by Gasteiger charge is -2.28. The molecule has 1 heterocycles. The second kappa shape index (κ2) is 9.71. The maximum atomic E-state index is 13.1. The highest BCUT2D eigenvalue weighted by atomic mass is 16.5. The van der Waals surface area contributed by atoms with E-state index in [-0.39, 0.29) is 12.6 Å². The largest absolute Gasteiger partial charge is 0.497 e. The van der Waals surface area contributed by atoms with Gasteiger partial charge in [-0.1, -0.05) is 31.2 Å². The maximum absolute atomic E-state index is 13.1. The highest BCUT2D eigenvalue weighted by Gasteiger charge is 2.50. The number of hydrogen-bond acceptors (Lipinski definition) is 6. The number of likely N-dealkylation sites (N-methyl/N-ethyl adjacent to an activating group) is 1. The summed E-state index contributed by atoms with van der Waals surface area (Å²) in [4.78, 5) is 40.2. The molecule has 2 atom stereocenters. The number of hydrazine groups is 1. The van der Waals surface area contributed by atoms with Crippen molar-refractivity contribution in [3.63, 3.8) is 0 Å². The molecule has 2 unspecified atom stereocenters. The van der Waals surface area contributed by atoms with E-state index in [2.05, 4.69) is 16.8 Å². The Labute approximate surface area is 192 Å². The Bertz CT molecular complexity index is 1080. The topological polar surface area (TPSA) is 115 Å². The Kier molecular flexibility index (Phi) is 6.99. The molecule has 0 saturated carbocycles. The van der Waals surface area contributed by atoms with Gasteiger partial charge in [-0.3, -0.25) is 19.9 Å². The van der Waals surface area contributed by atoms with Crippen LogP contribution in [-0.2, 0) is 15.1 Å². The number of nitrogens with zero attached hydrogens (tertiary/aromatic N) is 3. The van der Waals surface area contributed by atoms with Crippen LogP contribution in [-0.4, -0.2) is 48.0 Å². The lowest BCUT2D eigenvalue weighted by atomic mass is 9.92. The van der Waals surface area contributed by atoms with Crippen LogP contribution in [0.4, 0.5) is 4.79 Å². The van der Waals surface area contributed by atoms with Gasteiger partial charge >= 0.3 is 6.03 Å². The van der Waals surface area contributed by atoms with Gasteiger partial charge in [0.1, 0.15) is 11.3 Å². The summed E-state index contributed by atoms with van der Waals surface area (Å²) in [5.41, 5.74) is 3.21. The van der Waals surface area contributed by atoms with Crippen LogP contribution in [0.3, 0.4) is 0 Å². The Hall–Kier alpha value is -3.90. The number of urea groups is 1. The summed E-state index contributed by atoms with van der Waals surface area (Å²) < 4.78 is 5.14. The van der Waals surface area contributed by atoms with Gasteiger partial charge in [-0.15, -0.1) is 0 Å². The van der Waals surface area contributed by atoms with E-state index in [1.165, 1.54) is 7.11 Å². The zero-order valence-electron chi connectivity index (χ0n) is 19.1. The number of amides is 4. The van der Waals surface area contributed by atoms with Crippen LogP contribution in [0, 0.1) is 11.3 Å². The fraction of sp³-hybridized carbons (Fsp3) is 0.333. The normalized spacial score (nSPS) is 18.6. The minimum absolute atomic E-state index is 0.0199. The number of carbonyl (C=O) groups excluding carboxylic acids is 3. The molecule has 0 aliphatic carbocycles. The molecule has 2 aromatic carbocycles. The van der Waals surface area contributed by atoms with Crippen molar-refractivity contribution in [2.24, 2.45) is 0 Å². The first-order valence-electron chi connectivity index (χ1n) is 10.6. The number of nitriles is 1. The molecule has 4 amide bonds. The first kappa shape index (κ1) is 23.8. The molecule has 0 bridgehead atoms. The van der Waals surface area contributed by atoms with Crippen molar-refractivity contribution in [2.75, 3.05) is 20.2 Å². The molecule has 1 saturated heterocycles. The van der Waals surface area contributed by atoms with Gasteiger partial charge in [-0.25, -0.2) is 4.79 Å². The molecular weight excluding hydrogens is 422 g/mol. The molecule has 0 aromatic heterocycles. The fourth-order valence-corrected chi connectivity index (χ4v) is 3.77. The van der Waals surface area contributed by atoms with Crippen LogP contribution in [0.15, 0.2) is 48.5 Å². The average molecular weight is 450 g/mol. The van der Waals surface area contributed by atoms with E-state index in [4.69, 9.17) is 10.00 Å². The lowest BCUT2D eigenvalue weighted by Crippen LogP contribution is -2.51. The van der Waals surface area contributed by atoms with Crippen molar-refractivity contribution < 1.29 is 19.1 Å². The van der Waals surface area contributed by atoms with Gasteiger partial charge in [0.2, 0.25) is 0 Å². The predicted octanol–water partition coefficient (Wildman–Crippen LogP) is 2.45. The van der Waals surface area contributed by atoms with Gasteiger partial charge in [0.05, 0.1) is 25.3 Å². The van der Waals surface area contributed by atoms with Crippen molar-refractivity contribution in [2.45, 2.75) is 32.4 Å². The summed E-state index contributed by atoms with van der Waals surface area (Å²) in [6.07, 6.45) is 0. The highest BCUT2D eigenvalue weighted by Crippen LogP contribution is 2.29. The third-order valence-corrected chi connectivity index (χ3v) is 5.92. The van der Waals surface area contributed by atoms with E-state index in [1.54, 1.807) is 43.3 Å². The third kappa shape index (κ3) is 4.81. The third-order valence-electron chi connectivity index (χ3n) is 5.92. The van der Waals surface area contributed by atoms with Gasteiger partial charge in [0.25, 0.3) is 11.8 Å². The monoisotopic (exact) mass is 449 g/mol. The van der Waals surface area contributed by atoms with E-state index in [0.717, 1.165) is 10.6 Å². The second-order valence-corrected chi connectivity index (χ2v) is 7.93. The second-order valence-electron chi connectivity index (χ2n) is 7.93. The fourth-order valence-electron chi connectivity index (χ4n) is 3.77. The van der Waals surface area contributed by atoms with Crippen LogP contribution in [0.25, 0.3) is 0 Å². The molecule has 2 aromatic rings. The SMILES string of the molecule is CCN(CC(=O)NN1C(=O)NC(C)(c2ccc(OC)cc2)C1=O)C(C)c1ccc(C#N)cc1. The number of carbonyl (C=O) groups is 3. The number of benzene rings is 2. The van der Waals surface area contributed by atoms with E-state index < -0.39 is 23.4 Å². The number of methoxy groups -OCH3 is 1. The van der Waals surface area contributed by atoms with Crippen LogP contribution >= 0.6 is 0 Å². The first-order chi connectivity index (χ1) is 15.7. The molecule has 1 aliphatic rings. The Morgan fingerprint density at radius 2 is 1.85 bits per heavy atom. The van der Waals surface area contributed by atoms with Gasteiger partial charge in [0, 0.05) is 6.04 Å². The molecule has 172 valence electrons. The van der Waals surface area contributed by atoms with Gasteiger partial charge in [0.15, 0.2) is 0 Å². The van der Waals surface area contributed by atoms with Crippen molar-refractivity contribution in [1.29, 1.82) is 5.26 Å². The summed E-state index contributed by atoms with van der Waals surface area (Å²) in [6, 6.07) is 15.2. The molecule has 9 heteroatoms. The standard InChI is InChI=1S/C24H27N5O4/c1-5-28(16(2)18-8-6-17(14-25)7-9-18)15-21(30)27-29-22(31)24(3,26-23(29)32)19-10-12-20(33-4)13-11-19/h6-13,16H,5,15H2,1-4H3,(H,26,32)(H,27,30). The smallest absolute Gasteiger partial charge is 0.344 e. The molecule has 0 spiro atoms. The predicted molar refractivity (Wildman–Crippen MR) is 121 cm³/mol. The van der Waals surface area contributed by atoms with Crippen LogP contribution < -0.4 is 15.5 Å². The zero-order chi connectivity index (χ0) is 24.2. The van der Waals surface area contributed by atoms with Gasteiger partial charge < -0.3 is 10.1 Å². The zero-order valence-corrected chi connectivity index (χ0v) is 19.1. The molecular formula is C24H27N5O4. The molecule has 1 fully saturated rings. The van der Waals surface area contributed by atoms with E-state index in [0.29, 0.717) is 23.4 Å². The van der Waals surface area contributed by atoms with Crippen molar-refractivity contribution in [3.8, 4) is 11.8 Å². The quantitative estimate of drug-likeness (QED) is 0.599. The molecule has 0 radical (unpaired) electrons. The van der Waals surface area contributed by atoms with Gasteiger partial charge in [-0.05, 0) is 55.8 Å². The number of hydrogen-bond donors (Lipinski definition) is 2. The maximum Gasteiger partial charge on any atom is 0.344 e. The summed E-state index contributed by atoms with van der Waals surface area (Å²) in [7, 11) is 1.54. The Morgan fingerprint density at radius 3 is 2.39 bits per heavy atom. The number of imide groups is 1. The molecule has 2 N–H and O–H groups in total. The molecule has 3 rings (SSSR count). The van der Waals surface area contributed by atoms with E-state index in [9.17, 15) is 14.4 Å². The number of rotatable bonds is 8. The summed E-state index contributed by atoms with van der Waals surface area (Å²) in [5.74, 6) is -0.436. The summed E-state index contributed by atoms with van der Waals surface area (Å²) in [5, 5.41) is 12.4. The number of ether oxygens (including phenoxy) is 1. The Morgan fingerprint density at radius 1 is 1.21 bits per heavy atom. The lowest BCUT2D eigenvalue weighted by molar-refractivity contribution is -0.139. The van der Waals surface area contributed by atoms with E-state index in [1.807, 2.05) is 30.9 Å². The highest BCUT2D eigenvalue weighted by molar-refractivity contribution is 6.08. The molecule has 9 nitrogen and oxygen atoms in total. The Balaban J connectivity index is 1.68. The van der Waals surface area contributed by atoms with Gasteiger partial charge in [-0.2, -0.15) is 10.3 Å². The summed E-state index contributed by atoms with van der Waals surface area (Å²) >= 11 is 0. The van der Waals surface area contributed by atoms with Crippen molar-refractivity contribution >= 4 is 17.8 Å². The van der Waals surface area contributed by atoms with Crippen LogP contribution in [0.5, 0.6) is 5.75 Å². The van der Waals surface area contributed by atoms with Crippen molar-refractivity contribution in [1.82, 2.24) is 20.7 Å². The minimum atomic E-state index is -1.31. The minimum Gasteiger partial charge on any atom is -0.497 e. The number of nitrogens with one attached hydrogen (secondary N) is 2. The molecule has 33 heavy (non-hydrogen) atoms. The first-order valence-corrected chi connectivity index (χ1v) is 10.6.